The molecule has 0 radical (unpaired) electrons. The summed E-state index contributed by atoms with van der Waals surface area (Å²) in [5.41, 5.74) is -0.0203. The van der Waals surface area contributed by atoms with Crippen molar-refractivity contribution < 1.29 is 14.7 Å². The molecule has 1 heterocycles. The summed E-state index contributed by atoms with van der Waals surface area (Å²) in [5, 5.41) is 13.4. The Kier molecular flexibility index (Phi) is 4.68. The van der Waals surface area contributed by atoms with Crippen LogP contribution in [0.15, 0.2) is 5.38 Å². The molecule has 0 aromatic carbocycles. The van der Waals surface area contributed by atoms with Crippen LogP contribution < -0.4 is 5.32 Å². The molecule has 18 heavy (non-hydrogen) atoms. The van der Waals surface area contributed by atoms with Gasteiger partial charge in [0.05, 0.1) is 12.6 Å². The highest BCUT2D eigenvalue weighted by Gasteiger charge is 2.17. The molecule has 1 atom stereocenters. The number of hydrogen-bond acceptors (Lipinski definition) is 4. The van der Waals surface area contributed by atoms with Gasteiger partial charge >= 0.3 is 12.0 Å². The van der Waals surface area contributed by atoms with Gasteiger partial charge in [-0.2, -0.15) is 0 Å². The van der Waals surface area contributed by atoms with E-state index in [1.807, 2.05) is 0 Å². The van der Waals surface area contributed by atoms with E-state index in [9.17, 15) is 9.59 Å². The van der Waals surface area contributed by atoms with Gasteiger partial charge in [-0.3, -0.25) is 0 Å². The Hall–Kier alpha value is -2.07. The predicted octanol–water partition coefficient (Wildman–Crippen LogP) is 1.18. The van der Waals surface area contributed by atoms with E-state index in [1.165, 1.54) is 21.6 Å². The fourth-order valence-corrected chi connectivity index (χ4v) is 1.95. The molecule has 1 aromatic rings. The highest BCUT2D eigenvalue weighted by atomic mass is 32.1. The van der Waals surface area contributed by atoms with Crippen LogP contribution in [0.3, 0.4) is 0 Å². The van der Waals surface area contributed by atoms with E-state index in [0.717, 1.165) is 0 Å². The monoisotopic (exact) mass is 267 g/mol. The Morgan fingerprint density at radius 2 is 2.39 bits per heavy atom. The van der Waals surface area contributed by atoms with Crippen molar-refractivity contribution in [2.75, 3.05) is 13.6 Å². The highest BCUT2D eigenvalue weighted by molar-refractivity contribution is 7.09. The van der Waals surface area contributed by atoms with Crippen molar-refractivity contribution in [2.24, 2.45) is 0 Å². The first-order valence-corrected chi connectivity index (χ1v) is 5.97. The van der Waals surface area contributed by atoms with Crippen LogP contribution in [-0.2, 0) is 0 Å². The molecule has 0 bridgehead atoms. The fraction of sp³-hybridized carbons (Fsp3) is 0.364. The summed E-state index contributed by atoms with van der Waals surface area (Å²) in [4.78, 5) is 27.6. The molecule has 2 N–H and O–H groups in total. The van der Waals surface area contributed by atoms with Crippen LogP contribution >= 0.6 is 11.3 Å². The number of urea groups is 1. The van der Waals surface area contributed by atoms with Crippen molar-refractivity contribution in [1.82, 2.24) is 15.2 Å². The summed E-state index contributed by atoms with van der Waals surface area (Å²) in [7, 11) is 1.58. The van der Waals surface area contributed by atoms with E-state index in [2.05, 4.69) is 16.2 Å². The van der Waals surface area contributed by atoms with E-state index < -0.39 is 5.97 Å². The molecular formula is C11H13N3O3S. The van der Waals surface area contributed by atoms with Crippen LogP contribution in [0, 0.1) is 12.3 Å². The van der Waals surface area contributed by atoms with E-state index in [4.69, 9.17) is 11.5 Å². The van der Waals surface area contributed by atoms with Crippen molar-refractivity contribution in [3.8, 4) is 12.3 Å². The van der Waals surface area contributed by atoms with Gasteiger partial charge in [-0.25, -0.2) is 14.6 Å². The number of nitrogens with one attached hydrogen (secondary N) is 1. The molecule has 0 fully saturated rings. The first-order valence-electron chi connectivity index (χ1n) is 5.09. The number of terminal acetylenes is 1. The Morgan fingerprint density at radius 1 is 1.72 bits per heavy atom. The molecule has 96 valence electrons. The van der Waals surface area contributed by atoms with Crippen molar-refractivity contribution >= 4 is 23.3 Å². The standard InChI is InChI=1S/C11H13N3O3S/c1-4-5-14(3)11(17)12-7(2)9-13-8(6-18-9)10(15)16/h1,6-7H,5H2,2-3H3,(H,12,17)(H,15,16). The lowest BCUT2D eigenvalue weighted by atomic mass is 10.3. The minimum atomic E-state index is -1.08. The molecule has 1 aromatic heterocycles. The number of carbonyl (C=O) groups is 2. The summed E-state index contributed by atoms with van der Waals surface area (Å²) < 4.78 is 0. The molecule has 0 aliphatic carbocycles. The number of thiazole rings is 1. The van der Waals surface area contributed by atoms with E-state index in [0.29, 0.717) is 5.01 Å². The van der Waals surface area contributed by atoms with Crippen LogP contribution in [0.2, 0.25) is 0 Å². The quantitative estimate of drug-likeness (QED) is 0.802. The maximum Gasteiger partial charge on any atom is 0.355 e. The minimum Gasteiger partial charge on any atom is -0.476 e. The lowest BCUT2D eigenvalue weighted by Crippen LogP contribution is -2.38. The molecule has 0 saturated carbocycles. The molecule has 1 unspecified atom stereocenters. The van der Waals surface area contributed by atoms with Crippen LogP contribution in [0.5, 0.6) is 0 Å². The van der Waals surface area contributed by atoms with Gasteiger partial charge in [0.15, 0.2) is 5.69 Å². The number of carboxylic acid groups (broad SMARTS) is 1. The van der Waals surface area contributed by atoms with Gasteiger partial charge in [-0.1, -0.05) is 5.92 Å². The number of hydrogen-bond donors (Lipinski definition) is 2. The highest BCUT2D eigenvalue weighted by Crippen LogP contribution is 2.18. The largest absolute Gasteiger partial charge is 0.476 e. The van der Waals surface area contributed by atoms with Gasteiger partial charge in [-0.15, -0.1) is 17.8 Å². The van der Waals surface area contributed by atoms with E-state index in [1.54, 1.807) is 14.0 Å². The Bertz CT molecular complexity index is 492. The molecule has 6 nitrogen and oxygen atoms in total. The second-order valence-electron chi connectivity index (χ2n) is 3.61. The van der Waals surface area contributed by atoms with Crippen LogP contribution in [0.25, 0.3) is 0 Å². The third-order valence-electron chi connectivity index (χ3n) is 2.13. The minimum absolute atomic E-state index is 0.0203. The van der Waals surface area contributed by atoms with Crippen LogP contribution in [0.1, 0.15) is 28.5 Å². The molecule has 1 rings (SSSR count). The molecule has 0 aliphatic rings. The van der Waals surface area contributed by atoms with Crippen molar-refractivity contribution in [1.29, 1.82) is 0 Å². The summed E-state index contributed by atoms with van der Waals surface area (Å²) >= 11 is 1.19. The number of aromatic nitrogens is 1. The Balaban J connectivity index is 2.65. The van der Waals surface area contributed by atoms with Crippen LogP contribution in [0.4, 0.5) is 4.79 Å². The Labute approximate surface area is 109 Å². The summed E-state index contributed by atoms with van der Waals surface area (Å²) in [6.45, 7) is 1.93. The molecule has 0 spiro atoms. The van der Waals surface area contributed by atoms with Crippen molar-refractivity contribution in [3.63, 3.8) is 0 Å². The van der Waals surface area contributed by atoms with E-state index >= 15 is 0 Å². The number of carbonyl (C=O) groups excluding carboxylic acids is 1. The number of nitrogens with zero attached hydrogens (tertiary/aromatic N) is 2. The zero-order chi connectivity index (χ0) is 13.7. The summed E-state index contributed by atoms with van der Waals surface area (Å²) in [6.07, 6.45) is 5.10. The lowest BCUT2D eigenvalue weighted by molar-refractivity contribution is 0.0691. The zero-order valence-corrected chi connectivity index (χ0v) is 10.8. The lowest BCUT2D eigenvalue weighted by Gasteiger charge is -2.18. The van der Waals surface area contributed by atoms with Gasteiger partial charge in [0.1, 0.15) is 5.01 Å². The normalized spacial score (nSPS) is 11.4. The number of carboxylic acids is 1. The average Bonchev–Trinajstić information content (AvgIpc) is 2.78. The Morgan fingerprint density at radius 3 is 2.89 bits per heavy atom. The average molecular weight is 267 g/mol. The topological polar surface area (TPSA) is 82.5 Å². The maximum atomic E-state index is 11.6. The van der Waals surface area contributed by atoms with Gasteiger partial charge in [-0.05, 0) is 6.92 Å². The van der Waals surface area contributed by atoms with Gasteiger partial charge in [0.2, 0.25) is 0 Å². The van der Waals surface area contributed by atoms with Gasteiger partial charge in [0, 0.05) is 12.4 Å². The third kappa shape index (κ3) is 3.46. The number of amides is 2. The predicted molar refractivity (Wildman–Crippen MR) is 67.5 cm³/mol. The van der Waals surface area contributed by atoms with Crippen molar-refractivity contribution in [3.05, 3.63) is 16.1 Å². The van der Waals surface area contributed by atoms with Gasteiger partial charge < -0.3 is 15.3 Å². The van der Waals surface area contributed by atoms with Crippen LogP contribution in [-0.4, -0.2) is 40.6 Å². The first kappa shape index (κ1) is 14.0. The molecule has 0 aliphatic heterocycles. The van der Waals surface area contributed by atoms with E-state index in [-0.39, 0.29) is 24.3 Å². The molecule has 7 heteroatoms. The number of aromatic carboxylic acids is 1. The molecule has 2 amide bonds. The fourth-order valence-electron chi connectivity index (χ4n) is 1.15. The first-order chi connectivity index (χ1) is 8.45. The summed E-state index contributed by atoms with van der Waals surface area (Å²) in [5.74, 6) is 1.27. The van der Waals surface area contributed by atoms with Crippen molar-refractivity contribution in [2.45, 2.75) is 13.0 Å². The third-order valence-corrected chi connectivity index (χ3v) is 3.15. The second-order valence-corrected chi connectivity index (χ2v) is 4.50. The smallest absolute Gasteiger partial charge is 0.355 e. The molecule has 0 saturated heterocycles. The van der Waals surface area contributed by atoms with Gasteiger partial charge in [0.25, 0.3) is 0 Å². The number of rotatable bonds is 4. The second kappa shape index (κ2) is 6.02. The SMILES string of the molecule is C#CCN(C)C(=O)NC(C)c1nc(C(=O)O)cs1. The zero-order valence-electron chi connectivity index (χ0n) is 10.0. The maximum absolute atomic E-state index is 11.6. The summed E-state index contributed by atoms with van der Waals surface area (Å²) in [6, 6.07) is -0.691. The molecular weight excluding hydrogens is 254 g/mol.